The second kappa shape index (κ2) is 7.74. The van der Waals surface area contributed by atoms with Crippen molar-refractivity contribution in [3.8, 4) is 11.5 Å². The predicted octanol–water partition coefficient (Wildman–Crippen LogP) is 5.25. The molecule has 2 aromatic carbocycles. The van der Waals surface area contributed by atoms with E-state index in [1.54, 1.807) is 0 Å². The molecule has 0 aromatic heterocycles. The Morgan fingerprint density at radius 3 is 2.62 bits per heavy atom. The number of halogens is 3. The van der Waals surface area contributed by atoms with Crippen molar-refractivity contribution in [2.75, 3.05) is 17.9 Å². The number of thioether (sulfide) groups is 1. The van der Waals surface area contributed by atoms with Gasteiger partial charge in [0, 0.05) is 5.75 Å². The van der Waals surface area contributed by atoms with E-state index in [0.29, 0.717) is 26.5 Å². The molecule has 3 rings (SSSR count). The highest BCUT2D eigenvalue weighted by Crippen LogP contribution is 2.34. The fourth-order valence-corrected chi connectivity index (χ4v) is 3.47. The van der Waals surface area contributed by atoms with Crippen LogP contribution in [0.3, 0.4) is 0 Å². The highest BCUT2D eigenvalue weighted by molar-refractivity contribution is 7.99. The molecule has 126 valence electrons. The molecular weight excluding hydrogens is 393 g/mol. The summed E-state index contributed by atoms with van der Waals surface area (Å²) < 4.78 is 10.6. The lowest BCUT2D eigenvalue weighted by Crippen LogP contribution is -2.14. The minimum atomic E-state index is -0.166. The first-order valence-corrected chi connectivity index (χ1v) is 9.22. The van der Waals surface area contributed by atoms with Crippen molar-refractivity contribution in [3.05, 3.63) is 51.0 Å². The van der Waals surface area contributed by atoms with Gasteiger partial charge in [0.05, 0.1) is 26.5 Å². The second-order valence-corrected chi connectivity index (χ2v) is 7.18. The molecule has 0 fully saturated rings. The lowest BCUT2D eigenvalue weighted by molar-refractivity contribution is -0.113. The number of carbonyl (C=O) groups is 1. The van der Waals surface area contributed by atoms with Crippen LogP contribution in [0.1, 0.15) is 5.56 Å². The van der Waals surface area contributed by atoms with Crippen LogP contribution in [0.25, 0.3) is 0 Å². The number of fused-ring (bicyclic) bond motifs is 1. The monoisotopic (exact) mass is 403 g/mol. The zero-order valence-corrected chi connectivity index (χ0v) is 15.4. The molecule has 0 atom stereocenters. The minimum Gasteiger partial charge on any atom is -0.454 e. The van der Waals surface area contributed by atoms with Gasteiger partial charge in [-0.05, 0) is 29.8 Å². The highest BCUT2D eigenvalue weighted by Gasteiger charge is 2.14. The van der Waals surface area contributed by atoms with E-state index < -0.39 is 0 Å². The summed E-state index contributed by atoms with van der Waals surface area (Å²) in [6, 6.07) is 8.78. The Morgan fingerprint density at radius 1 is 1.04 bits per heavy atom. The molecule has 1 N–H and O–H groups in total. The third-order valence-electron chi connectivity index (χ3n) is 3.22. The van der Waals surface area contributed by atoms with E-state index >= 15 is 0 Å². The Kier molecular flexibility index (Phi) is 5.66. The van der Waals surface area contributed by atoms with Crippen LogP contribution in [0.2, 0.25) is 15.1 Å². The maximum atomic E-state index is 12.0. The lowest BCUT2D eigenvalue weighted by atomic mass is 10.2. The van der Waals surface area contributed by atoms with Gasteiger partial charge in [-0.25, -0.2) is 0 Å². The Labute approximate surface area is 158 Å². The normalized spacial score (nSPS) is 12.3. The highest BCUT2D eigenvalue weighted by atomic mass is 35.5. The summed E-state index contributed by atoms with van der Waals surface area (Å²) in [4.78, 5) is 12.0. The van der Waals surface area contributed by atoms with Gasteiger partial charge in [-0.3, -0.25) is 4.79 Å². The van der Waals surface area contributed by atoms with Crippen molar-refractivity contribution in [2.24, 2.45) is 0 Å². The first-order chi connectivity index (χ1) is 11.5. The average molecular weight is 405 g/mol. The molecule has 24 heavy (non-hydrogen) atoms. The van der Waals surface area contributed by atoms with Crippen molar-refractivity contribution in [1.29, 1.82) is 0 Å². The molecule has 1 aliphatic heterocycles. The number of anilines is 1. The molecule has 4 nitrogen and oxygen atoms in total. The van der Waals surface area contributed by atoms with Gasteiger partial charge in [0.25, 0.3) is 0 Å². The third-order valence-corrected chi connectivity index (χ3v) is 5.26. The van der Waals surface area contributed by atoms with Crippen LogP contribution in [0.15, 0.2) is 30.3 Å². The van der Waals surface area contributed by atoms with E-state index in [9.17, 15) is 4.79 Å². The molecule has 1 amide bonds. The van der Waals surface area contributed by atoms with Crippen LogP contribution in [-0.4, -0.2) is 18.5 Å². The molecule has 1 heterocycles. The third kappa shape index (κ3) is 4.22. The minimum absolute atomic E-state index is 0.166. The Hall–Kier alpha value is -1.27. The molecule has 0 unspecified atom stereocenters. The molecule has 0 radical (unpaired) electrons. The number of nitrogens with one attached hydrogen (secondary N) is 1. The van der Waals surface area contributed by atoms with Crippen LogP contribution in [-0.2, 0) is 10.5 Å². The van der Waals surface area contributed by atoms with Crippen LogP contribution in [0.5, 0.6) is 11.5 Å². The lowest BCUT2D eigenvalue weighted by Gasteiger charge is -2.09. The summed E-state index contributed by atoms with van der Waals surface area (Å²) in [6.07, 6.45) is 0. The number of carbonyl (C=O) groups excluding carboxylic acids is 1. The van der Waals surface area contributed by atoms with Crippen molar-refractivity contribution in [1.82, 2.24) is 0 Å². The summed E-state index contributed by atoms with van der Waals surface area (Å²) in [5.74, 6) is 2.28. The largest absolute Gasteiger partial charge is 0.454 e. The van der Waals surface area contributed by atoms with Crippen LogP contribution in [0.4, 0.5) is 5.69 Å². The number of hydrogen-bond donors (Lipinski definition) is 1. The van der Waals surface area contributed by atoms with Gasteiger partial charge >= 0.3 is 0 Å². The average Bonchev–Trinajstić information content (AvgIpc) is 3.00. The SMILES string of the molecule is O=C(CSCc1ccc2c(c1)OCO2)Nc1cc(Cl)c(Cl)cc1Cl. The van der Waals surface area contributed by atoms with E-state index in [-0.39, 0.29) is 18.5 Å². The number of hydrogen-bond acceptors (Lipinski definition) is 4. The fraction of sp³-hybridized carbons (Fsp3) is 0.188. The van der Waals surface area contributed by atoms with Crippen molar-refractivity contribution in [2.45, 2.75) is 5.75 Å². The molecule has 8 heteroatoms. The van der Waals surface area contributed by atoms with E-state index in [4.69, 9.17) is 44.3 Å². The standard InChI is InChI=1S/C16H12Cl3NO3S/c17-10-4-12(19)13(5-11(10)18)20-16(21)7-24-6-9-1-2-14-15(3-9)23-8-22-14/h1-5H,6-8H2,(H,20,21). The molecule has 0 bridgehead atoms. The molecule has 0 saturated carbocycles. The van der Waals surface area contributed by atoms with Crippen molar-refractivity contribution < 1.29 is 14.3 Å². The summed E-state index contributed by atoms with van der Waals surface area (Å²) in [6.45, 7) is 0.249. The van der Waals surface area contributed by atoms with Gasteiger partial charge in [0.1, 0.15) is 0 Å². The van der Waals surface area contributed by atoms with Gasteiger partial charge in [-0.15, -0.1) is 11.8 Å². The molecule has 2 aromatic rings. The van der Waals surface area contributed by atoms with Crippen molar-refractivity contribution in [3.63, 3.8) is 0 Å². The van der Waals surface area contributed by atoms with E-state index in [1.165, 1.54) is 23.9 Å². The van der Waals surface area contributed by atoms with E-state index in [0.717, 1.165) is 17.1 Å². The first-order valence-electron chi connectivity index (χ1n) is 6.93. The Bertz CT molecular complexity index is 785. The predicted molar refractivity (Wildman–Crippen MR) is 98.8 cm³/mol. The maximum absolute atomic E-state index is 12.0. The summed E-state index contributed by atoms with van der Waals surface area (Å²) in [5, 5.41) is 3.75. The molecule has 1 aliphatic rings. The Balaban J connectivity index is 1.52. The summed E-state index contributed by atoms with van der Waals surface area (Å²) in [5.41, 5.74) is 1.50. The topological polar surface area (TPSA) is 47.6 Å². The maximum Gasteiger partial charge on any atom is 0.234 e. The quantitative estimate of drug-likeness (QED) is 0.692. The first kappa shape index (κ1) is 17.5. The zero-order valence-electron chi connectivity index (χ0n) is 12.3. The van der Waals surface area contributed by atoms with E-state index in [1.807, 2.05) is 18.2 Å². The molecule has 0 saturated heterocycles. The smallest absolute Gasteiger partial charge is 0.234 e. The van der Waals surface area contributed by atoms with Gasteiger partial charge in [-0.1, -0.05) is 40.9 Å². The van der Waals surface area contributed by atoms with Gasteiger partial charge < -0.3 is 14.8 Å². The number of amides is 1. The zero-order chi connectivity index (χ0) is 17.1. The number of rotatable bonds is 5. The van der Waals surface area contributed by atoms with Crippen molar-refractivity contribution >= 4 is 58.2 Å². The summed E-state index contributed by atoms with van der Waals surface area (Å²) >= 11 is 19.3. The Morgan fingerprint density at radius 2 is 1.79 bits per heavy atom. The molecule has 0 spiro atoms. The van der Waals surface area contributed by atoms with Gasteiger partial charge in [-0.2, -0.15) is 0 Å². The number of benzene rings is 2. The van der Waals surface area contributed by atoms with Crippen LogP contribution >= 0.6 is 46.6 Å². The van der Waals surface area contributed by atoms with E-state index in [2.05, 4.69) is 5.32 Å². The van der Waals surface area contributed by atoms with Gasteiger partial charge in [0.2, 0.25) is 12.7 Å². The van der Waals surface area contributed by atoms with Crippen LogP contribution < -0.4 is 14.8 Å². The molecule has 0 aliphatic carbocycles. The number of ether oxygens (including phenoxy) is 2. The fourth-order valence-electron chi connectivity index (χ4n) is 2.10. The second-order valence-electron chi connectivity index (χ2n) is 4.97. The van der Waals surface area contributed by atoms with Gasteiger partial charge in [0.15, 0.2) is 11.5 Å². The van der Waals surface area contributed by atoms with Crippen LogP contribution in [0, 0.1) is 0 Å². The summed E-state index contributed by atoms with van der Waals surface area (Å²) in [7, 11) is 0. The molecular formula is C16H12Cl3NO3S.